The van der Waals surface area contributed by atoms with Gasteiger partial charge in [-0.1, -0.05) is 51.1 Å². The third-order valence-electron chi connectivity index (χ3n) is 11.0. The number of allylic oxidation sites excluding steroid dienone is 2. The van der Waals surface area contributed by atoms with Crippen LogP contribution in [0.5, 0.6) is 23.0 Å². The van der Waals surface area contributed by atoms with Gasteiger partial charge in [-0.25, -0.2) is 0 Å². The van der Waals surface area contributed by atoms with E-state index in [1.54, 1.807) is 39.8 Å². The highest BCUT2D eigenvalue weighted by Crippen LogP contribution is 2.55. The monoisotopic (exact) mass is 842 g/mol. The molecule has 9 atom stereocenters. The van der Waals surface area contributed by atoms with E-state index in [1.807, 2.05) is 0 Å². The number of esters is 1. The lowest BCUT2D eigenvalue weighted by Gasteiger charge is -2.38. The number of aliphatic hydroxyl groups excluding tert-OH is 2. The minimum Gasteiger partial charge on any atom is -0.507 e. The minimum atomic E-state index is -2.08. The molecule has 0 spiro atoms. The molecule has 0 radical (unpaired) electrons. The van der Waals surface area contributed by atoms with Crippen LogP contribution in [0.25, 0.3) is 10.8 Å². The number of aromatic hydroxyl groups is 3. The SMILES string of the molecule is COCCOCCO/N=C/c1c2c(O)c3c(O)c(C)c4c(c3c1O)C(=O)[C@@](C)(O/C=C\[C@H](OC)[C@@H](C)[C@@H](OC(C)=O)[C@H](C)[C@H](O)[C@H](C)[C@@H](O)[C@@H](C)/C=C\C=C(\C)C(=O)N2)O4. The molecule has 0 fully saturated rings. The molecule has 0 saturated heterocycles. The fourth-order valence-corrected chi connectivity index (χ4v) is 7.36. The van der Waals surface area contributed by atoms with Crippen molar-refractivity contribution in [3.8, 4) is 23.0 Å². The predicted octanol–water partition coefficient (Wildman–Crippen LogP) is 4.77. The number of Topliss-reactive ketones (excluding diaryl/α,β-unsaturated/α-hetero) is 1. The van der Waals surface area contributed by atoms with Crippen LogP contribution in [-0.2, 0) is 38.1 Å². The summed E-state index contributed by atoms with van der Waals surface area (Å²) in [7, 11) is 2.95. The van der Waals surface area contributed by atoms with Crippen molar-refractivity contribution in [2.24, 2.45) is 28.8 Å². The zero-order valence-corrected chi connectivity index (χ0v) is 35.7. The molecule has 3 aliphatic rings. The second-order valence-electron chi connectivity index (χ2n) is 15.3. The molecule has 6 N–H and O–H groups in total. The highest BCUT2D eigenvalue weighted by Gasteiger charge is 2.50. The van der Waals surface area contributed by atoms with E-state index in [2.05, 4.69) is 10.5 Å². The van der Waals surface area contributed by atoms with E-state index in [0.29, 0.717) is 13.2 Å². The Morgan fingerprint density at radius 3 is 2.25 bits per heavy atom. The summed E-state index contributed by atoms with van der Waals surface area (Å²) >= 11 is 0. The fraction of sp³-hybridized carbons (Fsp3) is 0.535. The molecular weight excluding hydrogens is 784 g/mol. The molecule has 3 heterocycles. The lowest BCUT2D eigenvalue weighted by Crippen LogP contribution is -2.46. The molecular formula is C43H58N2O15. The predicted molar refractivity (Wildman–Crippen MR) is 220 cm³/mol. The molecule has 0 aromatic heterocycles. The highest BCUT2D eigenvalue weighted by molar-refractivity contribution is 6.23. The van der Waals surface area contributed by atoms with Crippen LogP contribution in [-0.4, -0.2) is 120 Å². The summed E-state index contributed by atoms with van der Waals surface area (Å²) in [5.41, 5.74) is -0.739. The molecule has 5 bridgehead atoms. The molecule has 2 aromatic carbocycles. The van der Waals surface area contributed by atoms with Gasteiger partial charge in [-0.3, -0.25) is 14.4 Å². The van der Waals surface area contributed by atoms with E-state index in [-0.39, 0.29) is 57.7 Å². The number of carbonyl (C=O) groups excluding carboxylic acids is 3. The van der Waals surface area contributed by atoms with Gasteiger partial charge in [-0.2, -0.15) is 0 Å². The number of phenols is 3. The quantitative estimate of drug-likeness (QED) is 0.0472. The summed E-state index contributed by atoms with van der Waals surface area (Å²) in [6.45, 7) is 13.2. The van der Waals surface area contributed by atoms with Crippen LogP contribution < -0.4 is 10.1 Å². The maximum atomic E-state index is 14.4. The number of hydrogen-bond acceptors (Lipinski definition) is 16. The number of rotatable bonds is 10. The maximum absolute atomic E-state index is 14.4. The first-order valence-electron chi connectivity index (χ1n) is 19.6. The Morgan fingerprint density at radius 2 is 1.60 bits per heavy atom. The van der Waals surface area contributed by atoms with Gasteiger partial charge in [0.15, 0.2) is 5.75 Å². The first-order valence-corrected chi connectivity index (χ1v) is 19.6. The molecule has 0 unspecified atom stereocenters. The van der Waals surface area contributed by atoms with Crippen LogP contribution >= 0.6 is 0 Å². The standard InChI is InChI=1S/C43H58N2O15/c1-21-12-11-13-22(2)42(53)45-33-28(20-44-58-19-18-56-17-16-54-9)37(50)30-31(38(33)51)36(49)26(6)40-32(30)41(52)43(8,60-40)57-15-14-29(55-10)23(3)39(59-27(7)46)25(5)35(48)24(4)34(21)47/h11-15,20-21,23-25,29,34-35,39,47-51H,16-19H2,1-10H3,(H,45,53)/b12-11-,15-14-,22-13-,44-20+/t21-,23+,24+,25+,29-,34-,35+,39+,43-/m0/s1. The number of aliphatic hydroxyl groups is 2. The summed E-state index contributed by atoms with van der Waals surface area (Å²) in [5, 5.41) is 63.9. The number of methoxy groups -OCH3 is 2. The second-order valence-corrected chi connectivity index (χ2v) is 15.3. The Bertz CT molecular complexity index is 2030. The van der Waals surface area contributed by atoms with Crippen molar-refractivity contribution in [2.45, 2.75) is 85.6 Å². The van der Waals surface area contributed by atoms with Gasteiger partial charge in [0.1, 0.15) is 30.0 Å². The number of benzene rings is 2. The van der Waals surface area contributed by atoms with E-state index in [0.717, 1.165) is 6.21 Å². The Hall–Kier alpha value is -5.20. The summed E-state index contributed by atoms with van der Waals surface area (Å²) in [5.74, 6) is -8.83. The number of nitrogens with one attached hydrogen (secondary N) is 1. The van der Waals surface area contributed by atoms with E-state index >= 15 is 0 Å². The maximum Gasteiger partial charge on any atom is 0.312 e. The molecule has 0 saturated carbocycles. The van der Waals surface area contributed by atoms with E-state index in [9.17, 15) is 39.9 Å². The van der Waals surface area contributed by atoms with Gasteiger partial charge in [-0.05, 0) is 19.9 Å². The van der Waals surface area contributed by atoms with Crippen LogP contribution in [0.15, 0.2) is 41.3 Å². The normalized spacial score (nSPS) is 29.8. The molecule has 5 rings (SSSR count). The first-order chi connectivity index (χ1) is 28.3. The van der Waals surface area contributed by atoms with Gasteiger partial charge < -0.3 is 64.1 Å². The molecule has 60 heavy (non-hydrogen) atoms. The zero-order chi connectivity index (χ0) is 44.6. The number of ether oxygens (including phenoxy) is 6. The van der Waals surface area contributed by atoms with E-state index in [4.69, 9.17) is 33.3 Å². The smallest absolute Gasteiger partial charge is 0.312 e. The molecule has 17 nitrogen and oxygen atoms in total. The van der Waals surface area contributed by atoms with Crippen LogP contribution in [0.1, 0.15) is 70.0 Å². The first kappa shape index (κ1) is 47.5. The number of hydrogen-bond donors (Lipinski definition) is 6. The van der Waals surface area contributed by atoms with E-state index in [1.165, 1.54) is 60.3 Å². The number of anilines is 1. The molecule has 330 valence electrons. The molecule has 1 amide bonds. The van der Waals surface area contributed by atoms with Gasteiger partial charge >= 0.3 is 11.8 Å². The zero-order valence-electron chi connectivity index (χ0n) is 35.7. The topological polar surface area (TPSA) is 241 Å². The van der Waals surface area contributed by atoms with Crippen molar-refractivity contribution in [1.29, 1.82) is 0 Å². The number of carbonyl (C=O) groups is 3. The van der Waals surface area contributed by atoms with Crippen molar-refractivity contribution in [2.75, 3.05) is 46.0 Å². The lowest BCUT2D eigenvalue weighted by atomic mass is 9.78. The number of phenolic OH excluding ortho intramolecular Hbond substituents is 3. The van der Waals surface area contributed by atoms with Gasteiger partial charge in [0.25, 0.3) is 11.7 Å². The summed E-state index contributed by atoms with van der Waals surface area (Å²) in [6, 6.07) is 0. The second kappa shape index (κ2) is 20.4. The Labute approximate surface area is 349 Å². The molecule has 3 aliphatic heterocycles. The minimum absolute atomic E-state index is 0.0155. The number of nitrogens with zero attached hydrogens (tertiary/aromatic N) is 1. The van der Waals surface area contributed by atoms with Crippen LogP contribution in [0.3, 0.4) is 0 Å². The number of ketones is 1. The third-order valence-corrected chi connectivity index (χ3v) is 11.0. The highest BCUT2D eigenvalue weighted by atomic mass is 16.7. The molecule has 17 heteroatoms. The Morgan fingerprint density at radius 1 is 0.917 bits per heavy atom. The van der Waals surface area contributed by atoms with Gasteiger partial charge in [-0.15, -0.1) is 0 Å². The third kappa shape index (κ3) is 10.0. The van der Waals surface area contributed by atoms with Gasteiger partial charge in [0.2, 0.25) is 0 Å². The number of fused-ring (bicyclic) bond motifs is 14. The Balaban J connectivity index is 1.92. The summed E-state index contributed by atoms with van der Waals surface area (Å²) in [6.07, 6.45) is 4.38. The van der Waals surface area contributed by atoms with E-state index < -0.39 is 88.8 Å². The number of oxime groups is 1. The van der Waals surface area contributed by atoms with Crippen LogP contribution in [0.2, 0.25) is 0 Å². The largest absolute Gasteiger partial charge is 0.507 e. The average molecular weight is 843 g/mol. The summed E-state index contributed by atoms with van der Waals surface area (Å²) in [4.78, 5) is 45.7. The number of amides is 1. The summed E-state index contributed by atoms with van der Waals surface area (Å²) < 4.78 is 33.8. The van der Waals surface area contributed by atoms with Crippen molar-refractivity contribution >= 4 is 40.3 Å². The molecule has 0 aliphatic carbocycles. The van der Waals surface area contributed by atoms with Gasteiger partial charge in [0.05, 0.1) is 72.8 Å². The lowest BCUT2D eigenvalue weighted by molar-refractivity contribution is -0.160. The molecule has 2 aromatic rings. The average Bonchev–Trinajstić information content (AvgIpc) is 3.47. The fourth-order valence-electron chi connectivity index (χ4n) is 7.36. The van der Waals surface area contributed by atoms with Crippen LogP contribution in [0.4, 0.5) is 5.69 Å². The van der Waals surface area contributed by atoms with Crippen molar-refractivity contribution in [3.63, 3.8) is 0 Å². The van der Waals surface area contributed by atoms with Crippen molar-refractivity contribution < 1.29 is 73.2 Å². The van der Waals surface area contributed by atoms with Gasteiger partial charge in [0, 0.05) is 68.3 Å². The Kier molecular flexibility index (Phi) is 16.1. The van der Waals surface area contributed by atoms with Crippen molar-refractivity contribution in [1.82, 2.24) is 0 Å². The van der Waals surface area contributed by atoms with Crippen molar-refractivity contribution in [3.05, 3.63) is 52.8 Å². The van der Waals surface area contributed by atoms with Crippen LogP contribution in [0, 0.1) is 30.6 Å².